The van der Waals surface area contributed by atoms with Crippen LogP contribution in [0.5, 0.6) is 5.75 Å². The predicted molar refractivity (Wildman–Crippen MR) is 82.7 cm³/mol. The summed E-state index contributed by atoms with van der Waals surface area (Å²) in [5.41, 5.74) is 2.49. The van der Waals surface area contributed by atoms with E-state index in [-0.39, 0.29) is 6.04 Å². The molecule has 4 nitrogen and oxygen atoms in total. The van der Waals surface area contributed by atoms with Crippen LogP contribution < -0.4 is 10.1 Å². The number of rotatable bonds is 6. The third-order valence-electron chi connectivity index (χ3n) is 4.07. The van der Waals surface area contributed by atoms with Gasteiger partial charge in [0, 0.05) is 6.04 Å². The topological polar surface area (TPSA) is 58.6 Å². The number of ether oxygens (including phenoxy) is 1. The maximum absolute atomic E-state index is 11.4. The summed E-state index contributed by atoms with van der Waals surface area (Å²) < 4.78 is 5.27. The predicted octanol–water partition coefficient (Wildman–Crippen LogP) is 3.16. The van der Waals surface area contributed by atoms with Gasteiger partial charge in [-0.15, -0.1) is 0 Å². The average Bonchev–Trinajstić information content (AvgIpc) is 2.45. The number of carbonyl (C=O) groups is 1. The number of hydrogen-bond acceptors (Lipinski definition) is 3. The molecule has 2 rings (SSSR count). The molecule has 2 unspecified atom stereocenters. The third kappa shape index (κ3) is 3.97. The zero-order valence-corrected chi connectivity index (χ0v) is 13.1. The number of carboxylic acids is 1. The minimum absolute atomic E-state index is 0.125. The van der Waals surface area contributed by atoms with Gasteiger partial charge in [-0.25, -0.2) is 0 Å². The normalized spacial score (nSPS) is 19.1. The zero-order chi connectivity index (χ0) is 15.4. The molecule has 0 bridgehead atoms. The Bertz CT molecular complexity index is 499. The molecule has 1 aliphatic rings. The lowest BCUT2D eigenvalue weighted by Gasteiger charge is -2.30. The number of aryl methyl sites for hydroxylation is 1. The summed E-state index contributed by atoms with van der Waals surface area (Å²) in [5, 5.41) is 12.7. The molecular weight excluding hydrogens is 266 g/mol. The van der Waals surface area contributed by atoms with Gasteiger partial charge >= 0.3 is 5.97 Å². The first-order valence-corrected chi connectivity index (χ1v) is 7.67. The molecule has 1 aromatic carbocycles. The molecule has 1 aromatic rings. The maximum Gasteiger partial charge on any atom is 0.320 e. The molecule has 0 aromatic heterocycles. The van der Waals surface area contributed by atoms with E-state index in [1.807, 2.05) is 6.07 Å². The van der Waals surface area contributed by atoms with Gasteiger partial charge in [0.1, 0.15) is 11.8 Å². The Morgan fingerprint density at radius 2 is 2.24 bits per heavy atom. The second-order valence-electron chi connectivity index (χ2n) is 6.20. The Hall–Kier alpha value is -1.55. The lowest BCUT2D eigenvalue weighted by molar-refractivity contribution is -0.140. The van der Waals surface area contributed by atoms with E-state index >= 15 is 0 Å². The minimum atomic E-state index is -0.760. The first-order chi connectivity index (χ1) is 10.0. The molecule has 2 atom stereocenters. The van der Waals surface area contributed by atoms with Crippen LogP contribution >= 0.6 is 0 Å². The van der Waals surface area contributed by atoms with E-state index in [2.05, 4.69) is 31.3 Å². The number of methoxy groups -OCH3 is 1. The highest BCUT2D eigenvalue weighted by molar-refractivity contribution is 5.73. The summed E-state index contributed by atoms with van der Waals surface area (Å²) in [4.78, 5) is 11.4. The summed E-state index contributed by atoms with van der Waals surface area (Å²) in [6.07, 6.45) is 3.75. The Kier molecular flexibility index (Phi) is 5.23. The van der Waals surface area contributed by atoms with Gasteiger partial charge in [0.25, 0.3) is 0 Å². The van der Waals surface area contributed by atoms with Crippen LogP contribution in [0.4, 0.5) is 0 Å². The number of carboxylic acid groups (broad SMARTS) is 1. The summed E-state index contributed by atoms with van der Waals surface area (Å²) in [7, 11) is 1.67. The molecule has 0 heterocycles. The molecule has 116 valence electrons. The Morgan fingerprint density at radius 1 is 1.48 bits per heavy atom. The van der Waals surface area contributed by atoms with Gasteiger partial charge in [-0.1, -0.05) is 19.9 Å². The van der Waals surface area contributed by atoms with Gasteiger partial charge in [-0.2, -0.15) is 0 Å². The fraction of sp³-hybridized carbons (Fsp3) is 0.588. The summed E-state index contributed by atoms with van der Waals surface area (Å²) in [6, 6.07) is 5.74. The SMILES string of the molecule is COc1ccc2c(c1)CCCC2NC(CC(C)C)C(=O)O. The second-order valence-corrected chi connectivity index (χ2v) is 6.20. The van der Waals surface area contributed by atoms with Gasteiger partial charge < -0.3 is 9.84 Å². The molecule has 21 heavy (non-hydrogen) atoms. The van der Waals surface area contributed by atoms with Crippen molar-refractivity contribution in [3.8, 4) is 5.75 Å². The number of aliphatic carboxylic acids is 1. The molecule has 1 aliphatic carbocycles. The van der Waals surface area contributed by atoms with Crippen molar-refractivity contribution in [3.63, 3.8) is 0 Å². The van der Waals surface area contributed by atoms with Crippen LogP contribution in [0.15, 0.2) is 18.2 Å². The van der Waals surface area contributed by atoms with Gasteiger partial charge in [0.15, 0.2) is 0 Å². The second kappa shape index (κ2) is 6.94. The van der Waals surface area contributed by atoms with Gasteiger partial charge in [-0.05, 0) is 54.9 Å². The standard InChI is InChI=1S/C17H25NO3/c1-11(2)9-16(17(19)20)18-15-6-4-5-12-10-13(21-3)7-8-14(12)15/h7-8,10-11,15-16,18H,4-6,9H2,1-3H3,(H,19,20). The Morgan fingerprint density at radius 3 is 2.86 bits per heavy atom. The summed E-state index contributed by atoms with van der Waals surface area (Å²) in [6.45, 7) is 4.11. The highest BCUT2D eigenvalue weighted by atomic mass is 16.5. The largest absolute Gasteiger partial charge is 0.497 e. The number of fused-ring (bicyclic) bond motifs is 1. The van der Waals surface area contributed by atoms with Crippen molar-refractivity contribution < 1.29 is 14.6 Å². The molecule has 0 spiro atoms. The fourth-order valence-corrected chi connectivity index (χ4v) is 3.05. The lowest BCUT2D eigenvalue weighted by Crippen LogP contribution is -2.41. The van der Waals surface area contributed by atoms with Crippen LogP contribution in [0.25, 0.3) is 0 Å². The maximum atomic E-state index is 11.4. The van der Waals surface area contributed by atoms with Crippen LogP contribution in [0.3, 0.4) is 0 Å². The van der Waals surface area contributed by atoms with Crippen molar-refractivity contribution in [2.75, 3.05) is 7.11 Å². The summed E-state index contributed by atoms with van der Waals surface area (Å²) in [5.74, 6) is 0.466. The Labute approximate surface area is 126 Å². The van der Waals surface area contributed by atoms with E-state index in [4.69, 9.17) is 4.74 Å². The molecular formula is C17H25NO3. The summed E-state index contributed by atoms with van der Waals surface area (Å²) >= 11 is 0. The van der Waals surface area contributed by atoms with Crippen molar-refractivity contribution in [2.45, 2.75) is 51.6 Å². The number of benzene rings is 1. The van der Waals surface area contributed by atoms with Gasteiger partial charge in [-0.3, -0.25) is 10.1 Å². The van der Waals surface area contributed by atoms with Crippen LogP contribution in [0.1, 0.15) is 50.3 Å². The zero-order valence-electron chi connectivity index (χ0n) is 13.1. The first-order valence-electron chi connectivity index (χ1n) is 7.67. The third-order valence-corrected chi connectivity index (χ3v) is 4.07. The highest BCUT2D eigenvalue weighted by Crippen LogP contribution is 2.32. The molecule has 4 heteroatoms. The van der Waals surface area contributed by atoms with E-state index in [1.54, 1.807) is 7.11 Å². The quantitative estimate of drug-likeness (QED) is 0.845. The highest BCUT2D eigenvalue weighted by Gasteiger charge is 2.26. The van der Waals surface area contributed by atoms with Crippen molar-refractivity contribution >= 4 is 5.97 Å². The van der Waals surface area contributed by atoms with Crippen LogP contribution in [0, 0.1) is 5.92 Å². The average molecular weight is 291 g/mol. The van der Waals surface area contributed by atoms with E-state index in [0.29, 0.717) is 12.3 Å². The number of hydrogen-bond donors (Lipinski definition) is 2. The molecule has 0 aliphatic heterocycles. The van der Waals surface area contributed by atoms with Crippen LogP contribution in [0.2, 0.25) is 0 Å². The van der Waals surface area contributed by atoms with Crippen molar-refractivity contribution in [3.05, 3.63) is 29.3 Å². The molecule has 0 saturated heterocycles. The smallest absolute Gasteiger partial charge is 0.320 e. The first kappa shape index (κ1) is 15.8. The van der Waals surface area contributed by atoms with E-state index in [0.717, 1.165) is 25.0 Å². The molecule has 0 fully saturated rings. The molecule has 2 N–H and O–H groups in total. The van der Waals surface area contributed by atoms with Gasteiger partial charge in [0.05, 0.1) is 7.11 Å². The van der Waals surface area contributed by atoms with Gasteiger partial charge in [0.2, 0.25) is 0 Å². The Balaban J connectivity index is 2.17. The van der Waals surface area contributed by atoms with Crippen molar-refractivity contribution in [1.82, 2.24) is 5.32 Å². The van der Waals surface area contributed by atoms with Crippen molar-refractivity contribution in [2.24, 2.45) is 5.92 Å². The molecule has 0 amide bonds. The van der Waals surface area contributed by atoms with Crippen LogP contribution in [-0.4, -0.2) is 24.2 Å². The lowest BCUT2D eigenvalue weighted by atomic mass is 9.86. The van der Waals surface area contributed by atoms with E-state index in [1.165, 1.54) is 11.1 Å². The van der Waals surface area contributed by atoms with Crippen LogP contribution in [-0.2, 0) is 11.2 Å². The molecule has 0 radical (unpaired) electrons. The number of nitrogens with one attached hydrogen (secondary N) is 1. The monoisotopic (exact) mass is 291 g/mol. The molecule has 0 saturated carbocycles. The van der Waals surface area contributed by atoms with E-state index in [9.17, 15) is 9.90 Å². The van der Waals surface area contributed by atoms with E-state index < -0.39 is 12.0 Å². The van der Waals surface area contributed by atoms with Crippen molar-refractivity contribution in [1.29, 1.82) is 0 Å². The fourth-order valence-electron chi connectivity index (χ4n) is 3.05. The minimum Gasteiger partial charge on any atom is -0.497 e.